The van der Waals surface area contributed by atoms with Crippen LogP contribution >= 0.6 is 23.4 Å². The first-order valence-electron chi connectivity index (χ1n) is 8.80. The van der Waals surface area contributed by atoms with E-state index in [2.05, 4.69) is 20.6 Å². The first-order valence-corrected chi connectivity index (χ1v) is 10.2. The van der Waals surface area contributed by atoms with Crippen LogP contribution in [0.5, 0.6) is 0 Å². The van der Waals surface area contributed by atoms with E-state index >= 15 is 0 Å². The summed E-state index contributed by atoms with van der Waals surface area (Å²) in [6.45, 7) is 4.54. The first kappa shape index (κ1) is 20.2. The molecule has 144 valence electrons. The van der Waals surface area contributed by atoms with Gasteiger partial charge in [0.15, 0.2) is 0 Å². The van der Waals surface area contributed by atoms with Crippen LogP contribution in [0.4, 0.5) is 11.5 Å². The normalized spacial score (nSPS) is 10.5. The lowest BCUT2D eigenvalue weighted by molar-refractivity contribution is -0.113. The predicted octanol–water partition coefficient (Wildman–Crippen LogP) is 5.09. The summed E-state index contributed by atoms with van der Waals surface area (Å²) in [6.07, 6.45) is 1.49. The Kier molecular flexibility index (Phi) is 6.90. The second kappa shape index (κ2) is 9.57. The molecule has 2 N–H and O–H groups in total. The van der Waals surface area contributed by atoms with Gasteiger partial charge in [0.25, 0.3) is 0 Å². The van der Waals surface area contributed by atoms with Crippen molar-refractivity contribution in [2.75, 3.05) is 16.4 Å². The summed E-state index contributed by atoms with van der Waals surface area (Å²) in [5, 5.41) is 7.63. The van der Waals surface area contributed by atoms with Crippen LogP contribution in [-0.2, 0) is 11.3 Å². The van der Waals surface area contributed by atoms with E-state index in [1.165, 1.54) is 18.1 Å². The molecule has 0 unspecified atom stereocenters. The predicted molar refractivity (Wildman–Crippen MR) is 116 cm³/mol. The van der Waals surface area contributed by atoms with Crippen molar-refractivity contribution in [1.82, 2.24) is 9.97 Å². The highest BCUT2D eigenvalue weighted by molar-refractivity contribution is 7.99. The quantitative estimate of drug-likeness (QED) is 0.418. The Morgan fingerprint density at radius 3 is 2.75 bits per heavy atom. The zero-order chi connectivity index (χ0) is 19.9. The minimum absolute atomic E-state index is 0.0668. The highest BCUT2D eigenvalue weighted by Crippen LogP contribution is 2.21. The lowest BCUT2D eigenvalue weighted by atomic mass is 10.1. The average molecular weight is 413 g/mol. The van der Waals surface area contributed by atoms with Gasteiger partial charge in [0, 0.05) is 23.3 Å². The number of carbonyl (C=O) groups excluding carboxylic acids is 1. The molecule has 1 aromatic heterocycles. The number of halogens is 1. The third-order valence-electron chi connectivity index (χ3n) is 4.08. The van der Waals surface area contributed by atoms with Crippen LogP contribution in [0.15, 0.2) is 59.9 Å². The van der Waals surface area contributed by atoms with Gasteiger partial charge in [-0.3, -0.25) is 4.79 Å². The number of hydrogen-bond acceptors (Lipinski definition) is 5. The van der Waals surface area contributed by atoms with Gasteiger partial charge < -0.3 is 10.6 Å². The summed E-state index contributed by atoms with van der Waals surface area (Å²) >= 11 is 7.54. The Hall–Kier alpha value is -2.57. The molecule has 0 aliphatic carbocycles. The molecule has 0 fully saturated rings. The van der Waals surface area contributed by atoms with Gasteiger partial charge in [0.05, 0.1) is 5.75 Å². The van der Waals surface area contributed by atoms with E-state index in [9.17, 15) is 4.79 Å². The molecule has 0 bridgehead atoms. The van der Waals surface area contributed by atoms with E-state index in [1.807, 2.05) is 62.4 Å². The van der Waals surface area contributed by atoms with E-state index < -0.39 is 0 Å². The smallest absolute Gasteiger partial charge is 0.234 e. The molecule has 0 atom stereocenters. The Morgan fingerprint density at radius 1 is 1.11 bits per heavy atom. The molecule has 0 radical (unpaired) electrons. The number of anilines is 2. The largest absolute Gasteiger partial charge is 0.366 e. The van der Waals surface area contributed by atoms with Crippen LogP contribution in [0.25, 0.3) is 0 Å². The molecule has 1 heterocycles. The molecule has 28 heavy (non-hydrogen) atoms. The second-order valence-electron chi connectivity index (χ2n) is 6.34. The summed E-state index contributed by atoms with van der Waals surface area (Å²) in [5.41, 5.74) is 3.98. The summed E-state index contributed by atoms with van der Waals surface area (Å²) in [7, 11) is 0. The number of rotatable bonds is 7. The number of benzene rings is 2. The maximum absolute atomic E-state index is 12.3. The van der Waals surface area contributed by atoms with Crippen molar-refractivity contribution in [3.8, 4) is 0 Å². The molecule has 0 saturated carbocycles. The third-order valence-corrected chi connectivity index (χ3v) is 5.37. The standard InChI is InChI=1S/C21H21ClN4OS/c1-14-7-8-15(2)18(9-14)26-20(27)12-28-21-10-19(24-13-25-21)23-11-16-5-3-4-6-17(16)22/h3-10,13H,11-12H2,1-2H3,(H,26,27)(H,23,24,25). The Labute approximate surface area is 173 Å². The molecule has 5 nitrogen and oxygen atoms in total. The van der Waals surface area contributed by atoms with Gasteiger partial charge in [-0.1, -0.05) is 53.7 Å². The number of thioether (sulfide) groups is 1. The van der Waals surface area contributed by atoms with Crippen LogP contribution in [0, 0.1) is 13.8 Å². The van der Waals surface area contributed by atoms with E-state index in [1.54, 1.807) is 0 Å². The minimum Gasteiger partial charge on any atom is -0.366 e. The molecular weight excluding hydrogens is 392 g/mol. The van der Waals surface area contributed by atoms with Gasteiger partial charge >= 0.3 is 0 Å². The Balaban J connectivity index is 1.55. The van der Waals surface area contributed by atoms with Gasteiger partial charge in [-0.25, -0.2) is 9.97 Å². The van der Waals surface area contributed by atoms with Gasteiger partial charge in [-0.2, -0.15) is 0 Å². The van der Waals surface area contributed by atoms with E-state index in [-0.39, 0.29) is 11.7 Å². The topological polar surface area (TPSA) is 66.9 Å². The van der Waals surface area contributed by atoms with Crippen LogP contribution in [0.2, 0.25) is 5.02 Å². The average Bonchev–Trinajstić information content (AvgIpc) is 2.69. The second-order valence-corrected chi connectivity index (χ2v) is 7.74. The number of aryl methyl sites for hydroxylation is 2. The summed E-state index contributed by atoms with van der Waals surface area (Å²) < 4.78 is 0. The van der Waals surface area contributed by atoms with E-state index in [0.29, 0.717) is 17.4 Å². The number of carbonyl (C=O) groups is 1. The molecule has 2 aromatic carbocycles. The number of amides is 1. The van der Waals surface area contributed by atoms with Crippen molar-refractivity contribution in [1.29, 1.82) is 0 Å². The molecule has 3 aromatic rings. The Bertz CT molecular complexity index is 980. The summed E-state index contributed by atoms with van der Waals surface area (Å²) in [4.78, 5) is 20.7. The molecule has 3 rings (SSSR count). The maximum atomic E-state index is 12.3. The molecule has 0 aliphatic rings. The zero-order valence-corrected chi connectivity index (χ0v) is 17.3. The summed E-state index contributed by atoms with van der Waals surface area (Å²) in [5.74, 6) is 0.893. The molecule has 1 amide bonds. The lowest BCUT2D eigenvalue weighted by Gasteiger charge is -2.10. The van der Waals surface area contributed by atoms with Gasteiger partial charge in [-0.15, -0.1) is 0 Å². The highest BCUT2D eigenvalue weighted by Gasteiger charge is 2.08. The fourth-order valence-corrected chi connectivity index (χ4v) is 3.41. The first-order chi connectivity index (χ1) is 13.5. The molecular formula is C21H21ClN4OS. The summed E-state index contributed by atoms with van der Waals surface area (Å²) in [6, 6.07) is 15.5. The van der Waals surface area contributed by atoms with Crippen molar-refractivity contribution in [3.63, 3.8) is 0 Å². The molecule has 0 aliphatic heterocycles. The molecule has 0 spiro atoms. The number of hydrogen-bond donors (Lipinski definition) is 2. The fourth-order valence-electron chi connectivity index (χ4n) is 2.54. The van der Waals surface area contributed by atoms with Crippen LogP contribution in [0.1, 0.15) is 16.7 Å². The Morgan fingerprint density at radius 2 is 1.93 bits per heavy atom. The third kappa shape index (κ3) is 5.71. The zero-order valence-electron chi connectivity index (χ0n) is 15.7. The van der Waals surface area contributed by atoms with Gasteiger partial charge in [0.2, 0.25) is 5.91 Å². The maximum Gasteiger partial charge on any atom is 0.234 e. The van der Waals surface area contributed by atoms with Crippen LogP contribution in [0.3, 0.4) is 0 Å². The fraction of sp³-hybridized carbons (Fsp3) is 0.190. The number of nitrogens with zero attached hydrogens (tertiary/aromatic N) is 2. The van der Waals surface area contributed by atoms with Gasteiger partial charge in [0.1, 0.15) is 17.2 Å². The molecule has 0 saturated heterocycles. The van der Waals surface area contributed by atoms with Crippen LogP contribution < -0.4 is 10.6 Å². The van der Waals surface area contributed by atoms with Gasteiger partial charge in [-0.05, 0) is 42.7 Å². The van der Waals surface area contributed by atoms with Crippen molar-refractivity contribution in [2.24, 2.45) is 0 Å². The van der Waals surface area contributed by atoms with Crippen molar-refractivity contribution in [3.05, 3.63) is 76.6 Å². The van der Waals surface area contributed by atoms with Crippen molar-refractivity contribution >= 4 is 40.8 Å². The highest BCUT2D eigenvalue weighted by atomic mass is 35.5. The van der Waals surface area contributed by atoms with E-state index in [4.69, 9.17) is 11.6 Å². The SMILES string of the molecule is Cc1ccc(C)c(NC(=O)CSc2cc(NCc3ccccc3Cl)ncn2)c1. The minimum atomic E-state index is -0.0668. The molecule has 7 heteroatoms. The lowest BCUT2D eigenvalue weighted by Crippen LogP contribution is -2.15. The van der Waals surface area contributed by atoms with Crippen molar-refractivity contribution < 1.29 is 4.79 Å². The number of aromatic nitrogens is 2. The monoisotopic (exact) mass is 412 g/mol. The van der Waals surface area contributed by atoms with E-state index in [0.717, 1.165) is 27.4 Å². The van der Waals surface area contributed by atoms with Crippen LogP contribution in [-0.4, -0.2) is 21.6 Å². The van der Waals surface area contributed by atoms with Crippen molar-refractivity contribution in [2.45, 2.75) is 25.4 Å². The number of nitrogens with one attached hydrogen (secondary N) is 2.